The number of esters is 1. The molecule has 0 saturated carbocycles. The van der Waals surface area contributed by atoms with Gasteiger partial charge in [0.15, 0.2) is 23.0 Å². The highest BCUT2D eigenvalue weighted by Gasteiger charge is 2.52. The number of fused-ring (bicyclic) bond motifs is 3. The highest BCUT2D eigenvalue weighted by atomic mass is 16.7. The molecule has 0 aromatic heterocycles. The summed E-state index contributed by atoms with van der Waals surface area (Å²) in [5.74, 6) is 0.941. The van der Waals surface area contributed by atoms with Crippen molar-refractivity contribution in [2.75, 3.05) is 34.7 Å². The third kappa shape index (κ3) is 2.87. The Labute approximate surface area is 183 Å². The van der Waals surface area contributed by atoms with Gasteiger partial charge in [-0.15, -0.1) is 0 Å². The molecule has 166 valence electrons. The average Bonchev–Trinajstić information content (AvgIpc) is 3.43. The summed E-state index contributed by atoms with van der Waals surface area (Å²) in [5.41, 5.74) is 11.6. The van der Waals surface area contributed by atoms with Crippen LogP contribution in [0.2, 0.25) is 0 Å². The summed E-state index contributed by atoms with van der Waals surface area (Å²) >= 11 is 0. The molecule has 10 nitrogen and oxygen atoms in total. The molecule has 0 amide bonds. The van der Waals surface area contributed by atoms with Crippen LogP contribution in [0.15, 0.2) is 29.4 Å². The lowest BCUT2D eigenvalue weighted by atomic mass is 9.65. The quantitative estimate of drug-likeness (QED) is 0.301. The molecule has 32 heavy (non-hydrogen) atoms. The monoisotopic (exact) mass is 439 g/mol. The van der Waals surface area contributed by atoms with Crippen LogP contribution in [0.25, 0.3) is 10.4 Å². The number of benzene rings is 2. The van der Waals surface area contributed by atoms with Crippen LogP contribution in [-0.4, -0.2) is 40.7 Å². The predicted molar refractivity (Wildman–Crippen MR) is 110 cm³/mol. The van der Waals surface area contributed by atoms with E-state index in [1.54, 1.807) is 0 Å². The zero-order valence-corrected chi connectivity index (χ0v) is 17.7. The molecule has 10 heteroatoms. The van der Waals surface area contributed by atoms with Gasteiger partial charge in [-0.25, -0.2) is 0 Å². The fourth-order valence-electron chi connectivity index (χ4n) is 5.02. The van der Waals surface area contributed by atoms with Gasteiger partial charge in [-0.05, 0) is 46.5 Å². The molecule has 1 saturated heterocycles. The van der Waals surface area contributed by atoms with E-state index in [2.05, 4.69) is 10.0 Å². The molecule has 0 spiro atoms. The van der Waals surface area contributed by atoms with E-state index in [0.29, 0.717) is 28.7 Å². The second kappa shape index (κ2) is 7.72. The maximum Gasteiger partial charge on any atom is 0.310 e. The second-order valence-electron chi connectivity index (χ2n) is 7.74. The van der Waals surface area contributed by atoms with Gasteiger partial charge in [0, 0.05) is 16.7 Å². The van der Waals surface area contributed by atoms with Gasteiger partial charge >= 0.3 is 5.97 Å². The first-order chi connectivity index (χ1) is 15.6. The summed E-state index contributed by atoms with van der Waals surface area (Å²) in [6, 6.07) is 6.78. The number of methoxy groups -OCH3 is 3. The fraction of sp³-hybridized carbons (Fsp3) is 0.409. The van der Waals surface area contributed by atoms with Crippen LogP contribution in [0.4, 0.5) is 0 Å². The molecular weight excluding hydrogens is 418 g/mol. The van der Waals surface area contributed by atoms with Crippen LogP contribution in [0.5, 0.6) is 28.7 Å². The Kier molecular flexibility index (Phi) is 4.86. The Morgan fingerprint density at radius 1 is 0.969 bits per heavy atom. The standard InChI is InChI=1S/C22H21N3O7/c1-27-16-4-10(5-17(28-2)21(16)29-3)18-11-6-14-15(32-9-31-14)7-12(11)20(24-25-23)13-8-30-22(26)19(13)18/h4-7,13,18-20H,8-9H2,1-3H3. The molecule has 4 atom stereocenters. The smallest absolute Gasteiger partial charge is 0.310 e. The van der Waals surface area contributed by atoms with Gasteiger partial charge in [0.1, 0.15) is 0 Å². The van der Waals surface area contributed by atoms with Crippen molar-refractivity contribution in [2.45, 2.75) is 12.0 Å². The topological polar surface area (TPSA) is 121 Å². The summed E-state index contributed by atoms with van der Waals surface area (Å²) in [7, 11) is 4.61. The molecule has 0 radical (unpaired) electrons. The molecule has 2 heterocycles. The summed E-state index contributed by atoms with van der Waals surface area (Å²) in [6.07, 6.45) is 0. The Hall–Kier alpha value is -3.78. The molecule has 5 rings (SSSR count). The van der Waals surface area contributed by atoms with Crippen LogP contribution in [0.3, 0.4) is 0 Å². The zero-order valence-electron chi connectivity index (χ0n) is 17.7. The fourth-order valence-corrected chi connectivity index (χ4v) is 5.02. The van der Waals surface area contributed by atoms with Crippen molar-refractivity contribution >= 4 is 5.97 Å². The first-order valence-corrected chi connectivity index (χ1v) is 10.1. The molecule has 2 aliphatic heterocycles. The van der Waals surface area contributed by atoms with Crippen LogP contribution >= 0.6 is 0 Å². The maximum atomic E-state index is 12.9. The van der Waals surface area contributed by atoms with E-state index < -0.39 is 17.9 Å². The molecule has 0 N–H and O–H groups in total. The maximum absolute atomic E-state index is 12.9. The van der Waals surface area contributed by atoms with Crippen molar-refractivity contribution in [3.05, 3.63) is 51.4 Å². The number of carbonyl (C=O) groups is 1. The van der Waals surface area contributed by atoms with Crippen molar-refractivity contribution in [3.8, 4) is 28.7 Å². The minimum absolute atomic E-state index is 0.105. The summed E-state index contributed by atoms with van der Waals surface area (Å²) in [5, 5.41) is 4.03. The lowest BCUT2D eigenvalue weighted by Crippen LogP contribution is -2.34. The highest BCUT2D eigenvalue weighted by molar-refractivity contribution is 5.79. The van der Waals surface area contributed by atoms with E-state index in [0.717, 1.165) is 16.7 Å². The van der Waals surface area contributed by atoms with Crippen molar-refractivity contribution in [2.24, 2.45) is 17.0 Å². The number of cyclic esters (lactones) is 1. The van der Waals surface area contributed by atoms with Crippen LogP contribution in [-0.2, 0) is 9.53 Å². The minimum atomic E-state index is -0.570. The normalized spacial score (nSPS) is 24.7. The Bertz CT molecular complexity index is 1120. The number of azide groups is 1. The van der Waals surface area contributed by atoms with Crippen molar-refractivity contribution < 1.29 is 33.2 Å². The van der Waals surface area contributed by atoms with Gasteiger partial charge in [0.2, 0.25) is 12.5 Å². The van der Waals surface area contributed by atoms with E-state index in [-0.39, 0.29) is 25.3 Å². The number of carbonyl (C=O) groups excluding carboxylic acids is 1. The first-order valence-electron chi connectivity index (χ1n) is 10.1. The van der Waals surface area contributed by atoms with Gasteiger partial charge < -0.3 is 28.4 Å². The minimum Gasteiger partial charge on any atom is -0.493 e. The molecule has 1 fully saturated rings. The number of ether oxygens (including phenoxy) is 6. The van der Waals surface area contributed by atoms with E-state index in [9.17, 15) is 10.3 Å². The molecule has 1 aliphatic carbocycles. The highest BCUT2D eigenvalue weighted by Crippen LogP contribution is 2.56. The van der Waals surface area contributed by atoms with Crippen molar-refractivity contribution in [3.63, 3.8) is 0 Å². The second-order valence-corrected chi connectivity index (χ2v) is 7.74. The SMILES string of the molecule is COc1cc(C2c3cc4c(cc3C(N=[N+]=[N-])C3COC(=O)C23)OCO4)cc(OC)c1OC. The molecule has 0 bridgehead atoms. The first kappa shape index (κ1) is 20.1. The third-order valence-corrected chi connectivity index (χ3v) is 6.37. The van der Waals surface area contributed by atoms with E-state index in [4.69, 9.17) is 28.4 Å². The summed E-state index contributed by atoms with van der Waals surface area (Å²) in [4.78, 5) is 16.0. The van der Waals surface area contributed by atoms with Crippen molar-refractivity contribution in [1.29, 1.82) is 0 Å². The third-order valence-electron chi connectivity index (χ3n) is 6.37. The van der Waals surface area contributed by atoms with Gasteiger partial charge in [-0.2, -0.15) is 0 Å². The van der Waals surface area contributed by atoms with Crippen LogP contribution in [0.1, 0.15) is 28.7 Å². The average molecular weight is 439 g/mol. The van der Waals surface area contributed by atoms with E-state index in [1.165, 1.54) is 21.3 Å². The Balaban J connectivity index is 1.77. The number of rotatable bonds is 5. The Morgan fingerprint density at radius 2 is 1.62 bits per heavy atom. The molecule has 2 aromatic rings. The number of nitrogens with zero attached hydrogens (tertiary/aromatic N) is 3. The molecule has 3 aliphatic rings. The Morgan fingerprint density at radius 3 is 2.22 bits per heavy atom. The van der Waals surface area contributed by atoms with Crippen molar-refractivity contribution in [1.82, 2.24) is 0 Å². The molecule has 2 aromatic carbocycles. The summed E-state index contributed by atoms with van der Waals surface area (Å²) < 4.78 is 33.1. The lowest BCUT2D eigenvalue weighted by Gasteiger charge is -2.37. The largest absolute Gasteiger partial charge is 0.493 e. The van der Waals surface area contributed by atoms with Gasteiger partial charge in [0.05, 0.1) is 39.9 Å². The zero-order chi connectivity index (χ0) is 22.4. The van der Waals surface area contributed by atoms with Crippen LogP contribution < -0.4 is 23.7 Å². The van der Waals surface area contributed by atoms with Gasteiger partial charge in [-0.1, -0.05) is 5.11 Å². The van der Waals surface area contributed by atoms with E-state index >= 15 is 0 Å². The molecular formula is C22H21N3O7. The van der Waals surface area contributed by atoms with Crippen LogP contribution in [0, 0.1) is 11.8 Å². The van der Waals surface area contributed by atoms with Gasteiger partial charge in [-0.3, -0.25) is 4.79 Å². The number of hydrogen-bond donors (Lipinski definition) is 0. The lowest BCUT2D eigenvalue weighted by molar-refractivity contribution is -0.141. The predicted octanol–water partition coefficient (Wildman–Crippen LogP) is 3.73. The summed E-state index contributed by atoms with van der Waals surface area (Å²) in [6.45, 7) is 0.274. The number of hydrogen-bond acceptors (Lipinski definition) is 8. The van der Waals surface area contributed by atoms with Gasteiger partial charge in [0.25, 0.3) is 0 Å². The van der Waals surface area contributed by atoms with E-state index in [1.807, 2.05) is 24.3 Å². The molecule has 4 unspecified atom stereocenters.